The normalized spacial score (nSPS) is 22.2. The molecule has 90 valence electrons. The lowest BCUT2D eigenvalue weighted by atomic mass is 9.96. The summed E-state index contributed by atoms with van der Waals surface area (Å²) in [6.07, 6.45) is 6.67. The first-order valence-corrected chi connectivity index (χ1v) is 7.10. The molecule has 0 aliphatic carbocycles. The van der Waals surface area contributed by atoms with E-state index in [-0.39, 0.29) is 0 Å². The van der Waals surface area contributed by atoms with Crippen LogP contribution in [0, 0.1) is 5.92 Å². The smallest absolute Gasteiger partial charge is 0.0235 e. The summed E-state index contributed by atoms with van der Waals surface area (Å²) in [6.45, 7) is 9.55. The molecular weight excluding hydrogens is 202 g/mol. The fourth-order valence-electron chi connectivity index (χ4n) is 2.73. The van der Waals surface area contributed by atoms with E-state index in [9.17, 15) is 0 Å². The summed E-state index contributed by atoms with van der Waals surface area (Å²) >= 11 is 4.83. The fraction of sp³-hybridized carbons (Fsp3) is 1.00. The van der Waals surface area contributed by atoms with Crippen molar-refractivity contribution in [2.24, 2.45) is 5.92 Å². The first-order valence-electron chi connectivity index (χ1n) is 6.59. The van der Waals surface area contributed by atoms with Crippen molar-refractivity contribution >= 4 is 12.6 Å². The topological polar surface area (TPSA) is 3.24 Å². The van der Waals surface area contributed by atoms with Gasteiger partial charge in [-0.2, -0.15) is 12.6 Å². The number of hydrogen-bond donors (Lipinski definition) is 1. The van der Waals surface area contributed by atoms with Crippen LogP contribution in [-0.4, -0.2) is 29.3 Å². The van der Waals surface area contributed by atoms with Crippen molar-refractivity contribution in [1.82, 2.24) is 4.90 Å². The molecule has 2 atom stereocenters. The van der Waals surface area contributed by atoms with Crippen molar-refractivity contribution in [1.29, 1.82) is 0 Å². The first-order chi connectivity index (χ1) is 7.16. The number of unbranched alkanes of at least 4 members (excludes halogenated alkanes) is 1. The molecule has 0 unspecified atom stereocenters. The van der Waals surface area contributed by atoms with E-state index in [1.165, 1.54) is 45.2 Å². The maximum Gasteiger partial charge on any atom is 0.0235 e. The molecule has 1 heterocycles. The molecule has 0 amide bonds. The Bertz CT molecular complexity index is 164. The SMILES string of the molecule is CCCC[C@@H](S)[C@H](C(C)C)N1CCCC1. The lowest BCUT2D eigenvalue weighted by molar-refractivity contribution is 0.183. The van der Waals surface area contributed by atoms with Crippen LogP contribution in [0.5, 0.6) is 0 Å². The summed E-state index contributed by atoms with van der Waals surface area (Å²) in [5.74, 6) is 0.738. The molecule has 0 aromatic carbocycles. The average Bonchev–Trinajstić information content (AvgIpc) is 2.67. The molecule has 1 aliphatic rings. The molecule has 0 bridgehead atoms. The zero-order valence-corrected chi connectivity index (χ0v) is 11.5. The minimum atomic E-state index is 0.572. The van der Waals surface area contributed by atoms with Crippen molar-refractivity contribution in [3.8, 4) is 0 Å². The Kier molecular flexibility index (Phi) is 6.06. The molecule has 0 spiro atoms. The maximum absolute atomic E-state index is 4.83. The highest BCUT2D eigenvalue weighted by Crippen LogP contribution is 2.26. The van der Waals surface area contributed by atoms with Gasteiger partial charge >= 0.3 is 0 Å². The third-order valence-electron chi connectivity index (χ3n) is 3.49. The van der Waals surface area contributed by atoms with Crippen LogP contribution in [0.15, 0.2) is 0 Å². The molecule has 1 fully saturated rings. The van der Waals surface area contributed by atoms with Crippen LogP contribution < -0.4 is 0 Å². The van der Waals surface area contributed by atoms with Crippen LogP contribution in [0.1, 0.15) is 52.9 Å². The average molecular weight is 229 g/mol. The van der Waals surface area contributed by atoms with E-state index in [2.05, 4.69) is 25.7 Å². The molecule has 2 heteroatoms. The van der Waals surface area contributed by atoms with Gasteiger partial charge in [-0.3, -0.25) is 4.90 Å². The molecular formula is C13H27NS. The molecule has 0 saturated carbocycles. The predicted octanol–water partition coefficient (Wildman–Crippen LogP) is 3.60. The molecule has 15 heavy (non-hydrogen) atoms. The molecule has 1 rings (SSSR count). The minimum Gasteiger partial charge on any atom is -0.299 e. The Hall–Kier alpha value is 0.310. The highest BCUT2D eigenvalue weighted by atomic mass is 32.1. The van der Waals surface area contributed by atoms with Gasteiger partial charge in [0.15, 0.2) is 0 Å². The number of nitrogens with zero attached hydrogens (tertiary/aromatic N) is 1. The number of hydrogen-bond acceptors (Lipinski definition) is 2. The lowest BCUT2D eigenvalue weighted by Crippen LogP contribution is -2.43. The van der Waals surface area contributed by atoms with Gasteiger partial charge in [-0.25, -0.2) is 0 Å². The quantitative estimate of drug-likeness (QED) is 0.681. The van der Waals surface area contributed by atoms with Crippen molar-refractivity contribution in [3.05, 3.63) is 0 Å². The molecule has 0 aromatic rings. The second-order valence-corrected chi connectivity index (χ2v) is 5.85. The summed E-state index contributed by atoms with van der Waals surface area (Å²) in [5.41, 5.74) is 0. The van der Waals surface area contributed by atoms with E-state index in [0.29, 0.717) is 11.3 Å². The molecule has 1 aliphatic heterocycles. The van der Waals surface area contributed by atoms with Crippen LogP contribution in [0.25, 0.3) is 0 Å². The Labute approximate surface area is 101 Å². The number of thiol groups is 1. The van der Waals surface area contributed by atoms with Gasteiger partial charge in [-0.15, -0.1) is 0 Å². The fourth-order valence-corrected chi connectivity index (χ4v) is 3.45. The maximum atomic E-state index is 4.83. The van der Waals surface area contributed by atoms with E-state index < -0.39 is 0 Å². The van der Waals surface area contributed by atoms with Crippen LogP contribution >= 0.6 is 12.6 Å². The Morgan fingerprint density at radius 3 is 2.27 bits per heavy atom. The summed E-state index contributed by atoms with van der Waals surface area (Å²) in [5, 5.41) is 0.572. The van der Waals surface area contributed by atoms with Gasteiger partial charge in [0.2, 0.25) is 0 Å². The van der Waals surface area contributed by atoms with Gasteiger partial charge in [0.05, 0.1) is 0 Å². The highest BCUT2D eigenvalue weighted by molar-refractivity contribution is 7.81. The Morgan fingerprint density at radius 2 is 1.80 bits per heavy atom. The van der Waals surface area contributed by atoms with Crippen molar-refractivity contribution in [2.45, 2.75) is 64.2 Å². The highest BCUT2D eigenvalue weighted by Gasteiger charge is 2.29. The van der Waals surface area contributed by atoms with Gasteiger partial charge in [0.1, 0.15) is 0 Å². The van der Waals surface area contributed by atoms with Crippen LogP contribution in [0.4, 0.5) is 0 Å². The zero-order chi connectivity index (χ0) is 11.3. The van der Waals surface area contributed by atoms with Crippen molar-refractivity contribution in [3.63, 3.8) is 0 Å². The van der Waals surface area contributed by atoms with E-state index >= 15 is 0 Å². The predicted molar refractivity (Wildman–Crippen MR) is 71.7 cm³/mol. The number of rotatable bonds is 6. The second kappa shape index (κ2) is 6.80. The van der Waals surface area contributed by atoms with Crippen LogP contribution in [0.2, 0.25) is 0 Å². The minimum absolute atomic E-state index is 0.572. The van der Waals surface area contributed by atoms with E-state index in [1.807, 2.05) is 0 Å². The van der Waals surface area contributed by atoms with Gasteiger partial charge in [-0.05, 0) is 38.3 Å². The first kappa shape index (κ1) is 13.4. The van der Waals surface area contributed by atoms with Gasteiger partial charge in [0, 0.05) is 11.3 Å². The summed E-state index contributed by atoms with van der Waals surface area (Å²) in [6, 6.07) is 0.697. The third-order valence-corrected chi connectivity index (χ3v) is 4.06. The Balaban J connectivity index is 2.47. The number of likely N-dealkylation sites (tertiary alicyclic amines) is 1. The van der Waals surface area contributed by atoms with Gasteiger partial charge in [0.25, 0.3) is 0 Å². The largest absolute Gasteiger partial charge is 0.299 e. The van der Waals surface area contributed by atoms with Gasteiger partial charge < -0.3 is 0 Å². The van der Waals surface area contributed by atoms with Crippen molar-refractivity contribution in [2.75, 3.05) is 13.1 Å². The monoisotopic (exact) mass is 229 g/mol. The van der Waals surface area contributed by atoms with Crippen LogP contribution in [0.3, 0.4) is 0 Å². The van der Waals surface area contributed by atoms with E-state index in [0.717, 1.165) is 5.92 Å². The molecule has 1 saturated heterocycles. The standard InChI is InChI=1S/C13H27NS/c1-4-5-8-12(15)13(11(2)3)14-9-6-7-10-14/h11-13,15H,4-10H2,1-3H3/t12-,13+/m1/s1. The molecule has 0 aromatic heterocycles. The summed E-state index contributed by atoms with van der Waals surface area (Å²) < 4.78 is 0. The van der Waals surface area contributed by atoms with E-state index in [4.69, 9.17) is 12.6 Å². The van der Waals surface area contributed by atoms with E-state index in [1.54, 1.807) is 0 Å². The molecule has 0 radical (unpaired) electrons. The molecule has 0 N–H and O–H groups in total. The lowest BCUT2D eigenvalue weighted by Gasteiger charge is -2.35. The second-order valence-electron chi connectivity index (χ2n) is 5.19. The third kappa shape index (κ3) is 3.99. The summed E-state index contributed by atoms with van der Waals surface area (Å²) in [4.78, 5) is 2.66. The van der Waals surface area contributed by atoms with Gasteiger partial charge in [-0.1, -0.05) is 33.6 Å². The van der Waals surface area contributed by atoms with Crippen LogP contribution in [-0.2, 0) is 0 Å². The summed E-state index contributed by atoms with van der Waals surface area (Å²) in [7, 11) is 0. The molecule has 1 nitrogen and oxygen atoms in total. The Morgan fingerprint density at radius 1 is 1.20 bits per heavy atom. The van der Waals surface area contributed by atoms with Crippen molar-refractivity contribution < 1.29 is 0 Å². The zero-order valence-electron chi connectivity index (χ0n) is 10.6.